The van der Waals surface area contributed by atoms with Crippen molar-refractivity contribution in [2.24, 2.45) is 0 Å². The number of likely N-dealkylation sites (tertiary alicyclic amines) is 2. The maximum Gasteiger partial charge on any atom is 0.246 e. The third-order valence-corrected chi connectivity index (χ3v) is 5.11. The lowest BCUT2D eigenvalue weighted by Crippen LogP contribution is -2.44. The van der Waals surface area contributed by atoms with Crippen LogP contribution < -0.4 is 4.74 Å². The molecule has 1 amide bonds. The van der Waals surface area contributed by atoms with Crippen molar-refractivity contribution in [3.8, 4) is 5.75 Å². The molecule has 1 aromatic carbocycles. The van der Waals surface area contributed by atoms with Gasteiger partial charge in [0.15, 0.2) is 0 Å². The molecule has 2 heterocycles. The predicted octanol–water partition coefficient (Wildman–Crippen LogP) is 3.19. The van der Waals surface area contributed by atoms with Gasteiger partial charge in [0.05, 0.1) is 7.11 Å². The molecule has 4 heteroatoms. The fourth-order valence-electron chi connectivity index (χ4n) is 3.73. The normalized spacial score (nSPS) is 22.2. The minimum Gasteiger partial charge on any atom is -0.497 e. The molecule has 0 spiro atoms. The van der Waals surface area contributed by atoms with E-state index >= 15 is 0 Å². The van der Waals surface area contributed by atoms with E-state index in [1.54, 1.807) is 13.2 Å². The molecule has 0 unspecified atom stereocenters. The Balaban J connectivity index is 1.56. The fourth-order valence-corrected chi connectivity index (χ4v) is 3.73. The molecule has 2 aliphatic heterocycles. The molecule has 0 aliphatic carbocycles. The van der Waals surface area contributed by atoms with E-state index in [0.717, 1.165) is 37.2 Å². The van der Waals surface area contributed by atoms with Crippen LogP contribution in [0.1, 0.15) is 37.7 Å². The second kappa shape index (κ2) is 8.34. The van der Waals surface area contributed by atoms with Crippen LogP contribution in [0.25, 0.3) is 6.08 Å². The Morgan fingerprint density at radius 3 is 2.58 bits per heavy atom. The van der Waals surface area contributed by atoms with Crippen LogP contribution in [0.2, 0.25) is 0 Å². The highest BCUT2D eigenvalue weighted by Crippen LogP contribution is 2.21. The zero-order chi connectivity index (χ0) is 16.8. The molecule has 2 saturated heterocycles. The number of methoxy groups -OCH3 is 1. The lowest BCUT2D eigenvalue weighted by Gasteiger charge is -2.32. The average Bonchev–Trinajstić information content (AvgIpc) is 3.09. The van der Waals surface area contributed by atoms with Crippen LogP contribution >= 0.6 is 0 Å². The van der Waals surface area contributed by atoms with Crippen molar-refractivity contribution in [2.75, 3.05) is 33.3 Å². The molecule has 2 fully saturated rings. The Hall–Kier alpha value is -1.81. The van der Waals surface area contributed by atoms with Crippen molar-refractivity contribution in [3.63, 3.8) is 0 Å². The molecular weight excluding hydrogens is 300 g/mol. The first-order valence-electron chi connectivity index (χ1n) is 9.11. The largest absolute Gasteiger partial charge is 0.497 e. The van der Waals surface area contributed by atoms with Crippen LogP contribution in [0.4, 0.5) is 0 Å². The third kappa shape index (κ3) is 4.38. The predicted molar refractivity (Wildman–Crippen MR) is 97.1 cm³/mol. The average molecular weight is 328 g/mol. The molecule has 130 valence electrons. The lowest BCUT2D eigenvalue weighted by molar-refractivity contribution is -0.127. The second-order valence-corrected chi connectivity index (χ2v) is 6.80. The van der Waals surface area contributed by atoms with Crippen molar-refractivity contribution in [1.29, 1.82) is 0 Å². The summed E-state index contributed by atoms with van der Waals surface area (Å²) in [7, 11) is 1.66. The van der Waals surface area contributed by atoms with Crippen molar-refractivity contribution < 1.29 is 9.53 Å². The van der Waals surface area contributed by atoms with E-state index in [1.165, 1.54) is 32.4 Å². The molecule has 1 aromatic rings. The fraction of sp³-hybridized carbons (Fsp3) is 0.550. The topological polar surface area (TPSA) is 32.8 Å². The highest BCUT2D eigenvalue weighted by Gasteiger charge is 2.29. The molecule has 2 aliphatic rings. The molecule has 3 rings (SSSR count). The number of nitrogens with zero attached hydrogens (tertiary/aromatic N) is 2. The first-order chi connectivity index (χ1) is 11.8. The van der Waals surface area contributed by atoms with Gasteiger partial charge in [-0.3, -0.25) is 4.79 Å². The molecule has 24 heavy (non-hydrogen) atoms. The van der Waals surface area contributed by atoms with E-state index in [-0.39, 0.29) is 5.91 Å². The highest BCUT2D eigenvalue weighted by molar-refractivity contribution is 5.92. The lowest BCUT2D eigenvalue weighted by atomic mass is 10.1. The van der Waals surface area contributed by atoms with Gasteiger partial charge in [0, 0.05) is 25.2 Å². The van der Waals surface area contributed by atoms with Crippen molar-refractivity contribution >= 4 is 12.0 Å². The van der Waals surface area contributed by atoms with Gasteiger partial charge in [0.2, 0.25) is 5.91 Å². The monoisotopic (exact) mass is 328 g/mol. The van der Waals surface area contributed by atoms with Crippen LogP contribution in [-0.4, -0.2) is 55.0 Å². The first kappa shape index (κ1) is 17.0. The molecule has 0 N–H and O–H groups in total. The number of ether oxygens (including phenoxy) is 1. The number of hydrogen-bond donors (Lipinski definition) is 0. The summed E-state index contributed by atoms with van der Waals surface area (Å²) in [6, 6.07) is 8.16. The zero-order valence-corrected chi connectivity index (χ0v) is 14.6. The summed E-state index contributed by atoms with van der Waals surface area (Å²) in [5, 5.41) is 0. The number of rotatable bonds is 5. The maximum absolute atomic E-state index is 12.6. The summed E-state index contributed by atoms with van der Waals surface area (Å²) in [5.74, 6) is 0.977. The highest BCUT2D eigenvalue weighted by atomic mass is 16.5. The van der Waals surface area contributed by atoms with Crippen LogP contribution in [0.5, 0.6) is 5.75 Å². The van der Waals surface area contributed by atoms with Gasteiger partial charge in [-0.15, -0.1) is 0 Å². The number of amides is 1. The number of benzene rings is 1. The Morgan fingerprint density at radius 1 is 1.12 bits per heavy atom. The van der Waals surface area contributed by atoms with Gasteiger partial charge in [0.25, 0.3) is 0 Å². The van der Waals surface area contributed by atoms with E-state index < -0.39 is 0 Å². The molecule has 0 aromatic heterocycles. The van der Waals surface area contributed by atoms with Gasteiger partial charge in [0.1, 0.15) is 5.75 Å². The standard InChI is InChI=1S/C20H28N2O2/c1-24-19-10-7-17(8-11-19)9-12-20(23)22-15-5-6-18(22)16-21-13-3-2-4-14-21/h7-12,18H,2-6,13-16H2,1H3/b12-9+/t18-/m0/s1. The van der Waals surface area contributed by atoms with E-state index in [0.29, 0.717) is 6.04 Å². The Bertz CT molecular complexity index is 562. The van der Waals surface area contributed by atoms with Crippen molar-refractivity contribution in [2.45, 2.75) is 38.1 Å². The second-order valence-electron chi connectivity index (χ2n) is 6.80. The van der Waals surface area contributed by atoms with Crippen molar-refractivity contribution in [3.05, 3.63) is 35.9 Å². The van der Waals surface area contributed by atoms with Crippen LogP contribution in [-0.2, 0) is 4.79 Å². The Kier molecular flexibility index (Phi) is 5.91. The minimum absolute atomic E-state index is 0.144. The third-order valence-electron chi connectivity index (χ3n) is 5.11. The smallest absolute Gasteiger partial charge is 0.246 e. The van der Waals surface area contributed by atoms with E-state index in [2.05, 4.69) is 9.80 Å². The summed E-state index contributed by atoms with van der Waals surface area (Å²) in [6.45, 7) is 4.33. The van der Waals surface area contributed by atoms with Gasteiger partial charge in [-0.05, 0) is 62.5 Å². The summed E-state index contributed by atoms with van der Waals surface area (Å²) in [6.07, 6.45) is 9.85. The number of carbonyl (C=O) groups excluding carboxylic acids is 1. The minimum atomic E-state index is 0.144. The number of piperidine rings is 1. The molecule has 0 bridgehead atoms. The van der Waals surface area contributed by atoms with E-state index in [1.807, 2.05) is 30.3 Å². The summed E-state index contributed by atoms with van der Waals surface area (Å²) >= 11 is 0. The molecule has 0 radical (unpaired) electrons. The van der Waals surface area contributed by atoms with Crippen molar-refractivity contribution in [1.82, 2.24) is 9.80 Å². The summed E-state index contributed by atoms with van der Waals surface area (Å²) < 4.78 is 5.16. The van der Waals surface area contributed by atoms with Gasteiger partial charge >= 0.3 is 0 Å². The Labute approximate surface area is 145 Å². The van der Waals surface area contributed by atoms with Gasteiger partial charge in [-0.25, -0.2) is 0 Å². The number of hydrogen-bond acceptors (Lipinski definition) is 3. The summed E-state index contributed by atoms with van der Waals surface area (Å²) in [5.41, 5.74) is 1.02. The van der Waals surface area contributed by atoms with Gasteiger partial charge in [-0.1, -0.05) is 18.6 Å². The zero-order valence-electron chi connectivity index (χ0n) is 14.6. The molecule has 0 saturated carbocycles. The SMILES string of the molecule is COc1ccc(/C=C/C(=O)N2CCC[C@H]2CN2CCCCC2)cc1. The molecule has 4 nitrogen and oxygen atoms in total. The van der Waals surface area contributed by atoms with Gasteiger partial charge in [-0.2, -0.15) is 0 Å². The summed E-state index contributed by atoms with van der Waals surface area (Å²) in [4.78, 5) is 17.2. The van der Waals surface area contributed by atoms with E-state index in [9.17, 15) is 4.79 Å². The molecular formula is C20H28N2O2. The first-order valence-corrected chi connectivity index (χ1v) is 9.11. The van der Waals surface area contributed by atoms with Gasteiger partial charge < -0.3 is 14.5 Å². The molecule has 1 atom stereocenters. The van der Waals surface area contributed by atoms with Crippen LogP contribution in [0.3, 0.4) is 0 Å². The number of carbonyl (C=O) groups is 1. The Morgan fingerprint density at radius 2 is 1.88 bits per heavy atom. The van der Waals surface area contributed by atoms with Crippen LogP contribution in [0, 0.1) is 0 Å². The van der Waals surface area contributed by atoms with E-state index in [4.69, 9.17) is 4.74 Å². The van der Waals surface area contributed by atoms with Crippen LogP contribution in [0.15, 0.2) is 30.3 Å². The maximum atomic E-state index is 12.6. The quantitative estimate of drug-likeness (QED) is 0.778.